The van der Waals surface area contributed by atoms with Crippen molar-refractivity contribution in [3.05, 3.63) is 35.9 Å². The van der Waals surface area contributed by atoms with E-state index in [4.69, 9.17) is 0 Å². The normalized spacial score (nSPS) is 20.0. The molecule has 5 nitrogen and oxygen atoms in total. The molecule has 1 heterocycles. The maximum atomic E-state index is 12.3. The summed E-state index contributed by atoms with van der Waals surface area (Å²) in [6.07, 6.45) is 0. The van der Waals surface area contributed by atoms with Gasteiger partial charge >= 0.3 is 5.97 Å². The van der Waals surface area contributed by atoms with Gasteiger partial charge in [0.1, 0.15) is 6.54 Å². The molecule has 1 aromatic carbocycles. The van der Waals surface area contributed by atoms with Crippen LogP contribution in [0.15, 0.2) is 30.3 Å². The van der Waals surface area contributed by atoms with Gasteiger partial charge in [0, 0.05) is 19.6 Å². The molecule has 0 bridgehead atoms. The molecule has 1 amide bonds. The minimum Gasteiger partial charge on any atom is -0.468 e. The summed E-state index contributed by atoms with van der Waals surface area (Å²) in [5, 5.41) is 0. The lowest BCUT2D eigenvalue weighted by Gasteiger charge is -2.38. The molecule has 108 valence electrons. The number of methoxy groups -OCH3 is 1. The van der Waals surface area contributed by atoms with Gasteiger partial charge in [0.05, 0.1) is 13.2 Å². The van der Waals surface area contributed by atoms with Crippen LogP contribution < -0.4 is 0 Å². The Bertz CT molecular complexity index is 475. The molecule has 1 aliphatic rings. The molecular weight excluding hydrogens is 256 g/mol. The zero-order valence-electron chi connectivity index (χ0n) is 11.9. The summed E-state index contributed by atoms with van der Waals surface area (Å²) >= 11 is 0. The van der Waals surface area contributed by atoms with Gasteiger partial charge < -0.3 is 9.64 Å². The summed E-state index contributed by atoms with van der Waals surface area (Å²) in [6.45, 7) is 4.00. The van der Waals surface area contributed by atoms with Crippen LogP contribution in [0, 0.1) is 0 Å². The smallest absolute Gasteiger partial charge is 0.325 e. The molecule has 0 saturated carbocycles. The standard InChI is InChI=1S/C15H20N2O3/c1-12-15(19)17(11-14(18)20-2)9-8-16(12)10-13-6-4-3-5-7-13/h3-7,12H,8-11H2,1-2H3/t12-/m0/s1. The molecule has 1 fully saturated rings. The van der Waals surface area contributed by atoms with Crippen LogP contribution in [-0.4, -0.2) is 54.5 Å². The fourth-order valence-electron chi connectivity index (χ4n) is 2.38. The van der Waals surface area contributed by atoms with Gasteiger partial charge in [-0.1, -0.05) is 30.3 Å². The second-order valence-electron chi connectivity index (χ2n) is 4.97. The van der Waals surface area contributed by atoms with E-state index in [1.54, 1.807) is 4.90 Å². The van der Waals surface area contributed by atoms with Crippen LogP contribution in [0.1, 0.15) is 12.5 Å². The summed E-state index contributed by atoms with van der Waals surface area (Å²) < 4.78 is 4.61. The summed E-state index contributed by atoms with van der Waals surface area (Å²) in [4.78, 5) is 27.2. The molecule has 0 N–H and O–H groups in total. The van der Waals surface area contributed by atoms with Gasteiger partial charge in [-0.05, 0) is 12.5 Å². The van der Waals surface area contributed by atoms with Crippen LogP contribution in [-0.2, 0) is 20.9 Å². The average Bonchev–Trinajstić information content (AvgIpc) is 2.48. The highest BCUT2D eigenvalue weighted by atomic mass is 16.5. The van der Waals surface area contributed by atoms with E-state index < -0.39 is 0 Å². The Labute approximate surface area is 119 Å². The molecule has 0 spiro atoms. The summed E-state index contributed by atoms with van der Waals surface area (Å²) in [7, 11) is 1.34. The second kappa shape index (κ2) is 6.52. The van der Waals surface area contributed by atoms with Crippen molar-refractivity contribution in [2.24, 2.45) is 0 Å². The van der Waals surface area contributed by atoms with Gasteiger partial charge in [0.25, 0.3) is 0 Å². The number of benzene rings is 1. The summed E-state index contributed by atoms with van der Waals surface area (Å²) in [5.41, 5.74) is 1.19. The zero-order valence-corrected chi connectivity index (χ0v) is 11.9. The van der Waals surface area contributed by atoms with Crippen LogP contribution in [0.5, 0.6) is 0 Å². The first-order chi connectivity index (χ1) is 9.61. The second-order valence-corrected chi connectivity index (χ2v) is 4.97. The third-order valence-corrected chi connectivity index (χ3v) is 3.65. The largest absolute Gasteiger partial charge is 0.468 e. The number of nitrogens with zero attached hydrogens (tertiary/aromatic N) is 2. The molecule has 5 heteroatoms. The van der Waals surface area contributed by atoms with Crippen LogP contribution in [0.25, 0.3) is 0 Å². The molecule has 0 unspecified atom stereocenters. The molecule has 1 aliphatic heterocycles. The number of carbonyl (C=O) groups excluding carboxylic acids is 2. The Morgan fingerprint density at radius 2 is 2.00 bits per heavy atom. The van der Waals surface area contributed by atoms with Crippen LogP contribution in [0.3, 0.4) is 0 Å². The van der Waals surface area contributed by atoms with Gasteiger partial charge in [-0.15, -0.1) is 0 Å². The van der Waals surface area contributed by atoms with E-state index in [1.165, 1.54) is 12.7 Å². The number of piperazine rings is 1. The lowest BCUT2D eigenvalue weighted by atomic mass is 10.1. The van der Waals surface area contributed by atoms with Gasteiger partial charge in [-0.25, -0.2) is 0 Å². The van der Waals surface area contributed by atoms with Crippen molar-refractivity contribution in [1.82, 2.24) is 9.80 Å². The molecule has 0 aliphatic carbocycles. The van der Waals surface area contributed by atoms with Crippen molar-refractivity contribution in [2.45, 2.75) is 19.5 Å². The molecule has 2 rings (SSSR count). The highest BCUT2D eigenvalue weighted by Crippen LogP contribution is 2.15. The van der Waals surface area contributed by atoms with E-state index in [0.29, 0.717) is 6.54 Å². The maximum Gasteiger partial charge on any atom is 0.325 e. The quantitative estimate of drug-likeness (QED) is 0.766. The molecule has 20 heavy (non-hydrogen) atoms. The first-order valence-corrected chi connectivity index (χ1v) is 6.75. The van der Waals surface area contributed by atoms with Gasteiger partial charge in [0.2, 0.25) is 5.91 Å². The van der Waals surface area contributed by atoms with Gasteiger partial charge in [0.15, 0.2) is 0 Å². The first kappa shape index (κ1) is 14.5. The number of hydrogen-bond acceptors (Lipinski definition) is 4. The lowest BCUT2D eigenvalue weighted by Crippen LogP contribution is -2.56. The molecule has 1 aromatic rings. The zero-order chi connectivity index (χ0) is 14.5. The lowest BCUT2D eigenvalue weighted by molar-refractivity contribution is -0.151. The summed E-state index contributed by atoms with van der Waals surface area (Å²) in [6, 6.07) is 9.86. The van der Waals surface area contributed by atoms with Crippen molar-refractivity contribution in [1.29, 1.82) is 0 Å². The van der Waals surface area contributed by atoms with Gasteiger partial charge in [-0.3, -0.25) is 14.5 Å². The van der Waals surface area contributed by atoms with E-state index in [0.717, 1.165) is 13.1 Å². The van der Waals surface area contributed by atoms with Crippen molar-refractivity contribution >= 4 is 11.9 Å². The average molecular weight is 276 g/mol. The Kier molecular flexibility index (Phi) is 4.74. The highest BCUT2D eigenvalue weighted by molar-refractivity contribution is 5.86. The van der Waals surface area contributed by atoms with Gasteiger partial charge in [-0.2, -0.15) is 0 Å². The molecule has 0 radical (unpaired) electrons. The number of rotatable bonds is 4. The predicted octanol–water partition coefficient (Wildman–Crippen LogP) is 0.892. The van der Waals surface area contributed by atoms with E-state index in [-0.39, 0.29) is 24.5 Å². The number of ether oxygens (including phenoxy) is 1. The number of hydrogen-bond donors (Lipinski definition) is 0. The predicted molar refractivity (Wildman–Crippen MR) is 74.9 cm³/mol. The Balaban J connectivity index is 1.96. The Morgan fingerprint density at radius 1 is 1.30 bits per heavy atom. The fraction of sp³-hybridized carbons (Fsp3) is 0.467. The highest BCUT2D eigenvalue weighted by Gasteiger charge is 2.32. The topological polar surface area (TPSA) is 49.9 Å². The number of esters is 1. The third kappa shape index (κ3) is 3.36. The Hall–Kier alpha value is -1.88. The maximum absolute atomic E-state index is 12.3. The van der Waals surface area contributed by atoms with Crippen molar-refractivity contribution in [3.63, 3.8) is 0 Å². The van der Waals surface area contributed by atoms with Crippen LogP contribution >= 0.6 is 0 Å². The fourth-order valence-corrected chi connectivity index (χ4v) is 2.38. The SMILES string of the molecule is COC(=O)CN1CCN(Cc2ccccc2)[C@@H](C)C1=O. The first-order valence-electron chi connectivity index (χ1n) is 6.75. The molecular formula is C15H20N2O3. The third-order valence-electron chi connectivity index (χ3n) is 3.65. The Morgan fingerprint density at radius 3 is 2.65 bits per heavy atom. The minimum atomic E-state index is -0.373. The van der Waals surface area contributed by atoms with E-state index in [2.05, 4.69) is 21.8 Å². The molecule has 0 aromatic heterocycles. The number of amides is 1. The number of carbonyl (C=O) groups is 2. The monoisotopic (exact) mass is 276 g/mol. The van der Waals surface area contributed by atoms with E-state index in [9.17, 15) is 9.59 Å². The van der Waals surface area contributed by atoms with E-state index in [1.807, 2.05) is 25.1 Å². The van der Waals surface area contributed by atoms with Crippen LogP contribution in [0.2, 0.25) is 0 Å². The van der Waals surface area contributed by atoms with Crippen molar-refractivity contribution < 1.29 is 14.3 Å². The minimum absolute atomic E-state index is 0.0161. The van der Waals surface area contributed by atoms with E-state index >= 15 is 0 Å². The summed E-state index contributed by atoms with van der Waals surface area (Å²) in [5.74, 6) is -0.389. The van der Waals surface area contributed by atoms with Crippen molar-refractivity contribution in [2.75, 3.05) is 26.7 Å². The van der Waals surface area contributed by atoms with Crippen molar-refractivity contribution in [3.8, 4) is 0 Å². The molecule has 1 saturated heterocycles. The van der Waals surface area contributed by atoms with Crippen LogP contribution in [0.4, 0.5) is 0 Å². The molecule has 1 atom stereocenters.